The van der Waals surface area contributed by atoms with Crippen LogP contribution in [0.5, 0.6) is 5.75 Å². The molecule has 100 valence electrons. The first-order valence-electron chi connectivity index (χ1n) is 6.45. The van der Waals surface area contributed by atoms with Crippen molar-refractivity contribution >= 4 is 0 Å². The van der Waals surface area contributed by atoms with Crippen molar-refractivity contribution in [3.8, 4) is 5.75 Å². The normalized spacial score (nSPS) is 9.68. The topological polar surface area (TPSA) is 9.23 Å². The van der Waals surface area contributed by atoms with E-state index in [0.717, 1.165) is 36.1 Å². The number of benzene rings is 1. The van der Waals surface area contributed by atoms with Crippen molar-refractivity contribution in [3.63, 3.8) is 0 Å². The van der Waals surface area contributed by atoms with Crippen LogP contribution >= 0.6 is 0 Å². The number of hydrogen-bond donors (Lipinski definition) is 0. The molecule has 0 aliphatic heterocycles. The van der Waals surface area contributed by atoms with Crippen molar-refractivity contribution < 1.29 is 4.74 Å². The predicted octanol–water partition coefficient (Wildman–Crippen LogP) is 4.65. The van der Waals surface area contributed by atoms with Crippen LogP contribution in [0.2, 0.25) is 0 Å². The lowest BCUT2D eigenvalue weighted by molar-refractivity contribution is 0.347. The van der Waals surface area contributed by atoms with Crippen LogP contribution in [-0.2, 0) is 12.8 Å². The summed E-state index contributed by atoms with van der Waals surface area (Å²) in [7, 11) is 0. The maximum absolute atomic E-state index is 5.82. The molecular formula is C18H22O. The molecule has 0 N–H and O–H groups in total. The maximum Gasteiger partial charge on any atom is 0.123 e. The van der Waals surface area contributed by atoms with Crippen molar-refractivity contribution in [2.75, 3.05) is 6.61 Å². The fraction of sp³-hybridized carbons (Fsp3) is 0.222. The zero-order valence-corrected chi connectivity index (χ0v) is 11.5. The minimum Gasteiger partial charge on any atom is -0.489 e. The summed E-state index contributed by atoms with van der Waals surface area (Å²) in [6, 6.07) is 6.23. The lowest BCUT2D eigenvalue weighted by Crippen LogP contribution is -2.02. The summed E-state index contributed by atoms with van der Waals surface area (Å²) in [6.45, 7) is 15.7. The number of rotatable bonds is 9. The first-order chi connectivity index (χ1) is 9.21. The van der Waals surface area contributed by atoms with Crippen LogP contribution in [0, 0.1) is 0 Å². The first kappa shape index (κ1) is 15.0. The van der Waals surface area contributed by atoms with Gasteiger partial charge in [0.05, 0.1) is 0 Å². The fourth-order valence-electron chi connectivity index (χ4n) is 1.83. The highest BCUT2D eigenvalue weighted by molar-refractivity contribution is 5.39. The largest absolute Gasteiger partial charge is 0.489 e. The molecule has 0 fully saturated rings. The van der Waals surface area contributed by atoms with E-state index in [1.807, 2.05) is 24.3 Å². The molecule has 0 unspecified atom stereocenters. The van der Waals surface area contributed by atoms with Gasteiger partial charge in [0.1, 0.15) is 12.4 Å². The molecule has 0 aliphatic rings. The molecule has 1 aromatic rings. The predicted molar refractivity (Wildman–Crippen MR) is 83.7 cm³/mol. The van der Waals surface area contributed by atoms with Gasteiger partial charge >= 0.3 is 0 Å². The second-order valence-corrected chi connectivity index (χ2v) is 4.46. The molecule has 19 heavy (non-hydrogen) atoms. The highest BCUT2D eigenvalue weighted by atomic mass is 16.5. The van der Waals surface area contributed by atoms with Gasteiger partial charge in [0.2, 0.25) is 0 Å². The summed E-state index contributed by atoms with van der Waals surface area (Å²) in [6.07, 6.45) is 8.08. The average Bonchev–Trinajstić information content (AvgIpc) is 2.39. The summed E-state index contributed by atoms with van der Waals surface area (Å²) in [4.78, 5) is 0. The molecule has 0 heterocycles. The van der Waals surface area contributed by atoms with Crippen LogP contribution in [-0.4, -0.2) is 6.61 Å². The summed E-state index contributed by atoms with van der Waals surface area (Å²) >= 11 is 0. The molecule has 1 heteroatoms. The Bertz CT molecular complexity index is 469. The van der Waals surface area contributed by atoms with E-state index in [1.54, 1.807) is 0 Å². The second-order valence-electron chi connectivity index (χ2n) is 4.46. The monoisotopic (exact) mass is 254 g/mol. The van der Waals surface area contributed by atoms with Crippen molar-refractivity contribution in [2.45, 2.75) is 19.3 Å². The van der Waals surface area contributed by atoms with E-state index in [4.69, 9.17) is 4.74 Å². The molecule has 1 aromatic carbocycles. The molecule has 0 atom stereocenters. The van der Waals surface area contributed by atoms with E-state index >= 15 is 0 Å². The highest BCUT2D eigenvalue weighted by Crippen LogP contribution is 2.22. The minimum absolute atomic E-state index is 0.525. The third kappa shape index (κ3) is 5.01. The van der Waals surface area contributed by atoms with Gasteiger partial charge in [0, 0.05) is 0 Å². The quantitative estimate of drug-likeness (QED) is 0.583. The molecule has 0 saturated heterocycles. The molecule has 0 saturated carbocycles. The van der Waals surface area contributed by atoms with E-state index in [9.17, 15) is 0 Å². The standard InChI is InChI=1S/C18H22O/c1-5-8-15(4)14-19-18-12-11-16(9-6-2)13-17(18)10-7-3/h5-7,11-13H,1-4,8-10,14H2. The summed E-state index contributed by atoms with van der Waals surface area (Å²) in [5.74, 6) is 0.901. The molecule has 1 nitrogen and oxygen atoms in total. The molecule has 1 rings (SSSR count). The number of hydrogen-bond acceptors (Lipinski definition) is 1. The molecule has 0 radical (unpaired) electrons. The molecule has 0 bridgehead atoms. The zero-order chi connectivity index (χ0) is 14.1. The number of allylic oxidation sites excluding steroid dienone is 3. The van der Waals surface area contributed by atoms with Gasteiger partial charge in [0.15, 0.2) is 0 Å². The van der Waals surface area contributed by atoms with Gasteiger partial charge in [-0.05, 0) is 42.0 Å². The molecule has 0 amide bonds. The van der Waals surface area contributed by atoms with Gasteiger partial charge in [-0.15, -0.1) is 19.7 Å². The summed E-state index contributed by atoms with van der Waals surface area (Å²) in [5.41, 5.74) is 3.42. The van der Waals surface area contributed by atoms with Crippen LogP contribution in [0.3, 0.4) is 0 Å². The van der Waals surface area contributed by atoms with Crippen molar-refractivity contribution in [2.24, 2.45) is 0 Å². The van der Waals surface area contributed by atoms with Crippen LogP contribution < -0.4 is 4.74 Å². The number of ether oxygens (including phenoxy) is 1. The van der Waals surface area contributed by atoms with Crippen LogP contribution in [0.25, 0.3) is 0 Å². The highest BCUT2D eigenvalue weighted by Gasteiger charge is 2.04. The van der Waals surface area contributed by atoms with Gasteiger partial charge in [-0.3, -0.25) is 0 Å². The van der Waals surface area contributed by atoms with Crippen LogP contribution in [0.15, 0.2) is 68.3 Å². The fourth-order valence-corrected chi connectivity index (χ4v) is 1.83. The third-order valence-corrected chi connectivity index (χ3v) is 2.73. The van der Waals surface area contributed by atoms with Crippen molar-refractivity contribution in [1.82, 2.24) is 0 Å². The Morgan fingerprint density at radius 1 is 1.05 bits per heavy atom. The Kier molecular flexibility index (Phi) is 6.45. The van der Waals surface area contributed by atoms with Crippen LogP contribution in [0.4, 0.5) is 0 Å². The van der Waals surface area contributed by atoms with Gasteiger partial charge in [-0.1, -0.05) is 36.9 Å². The second kappa shape index (κ2) is 8.15. The lowest BCUT2D eigenvalue weighted by atomic mass is 10.0. The minimum atomic E-state index is 0.525. The van der Waals surface area contributed by atoms with Gasteiger partial charge in [0.25, 0.3) is 0 Å². The van der Waals surface area contributed by atoms with E-state index in [-0.39, 0.29) is 0 Å². The third-order valence-electron chi connectivity index (χ3n) is 2.73. The van der Waals surface area contributed by atoms with Crippen LogP contribution in [0.1, 0.15) is 17.5 Å². The van der Waals surface area contributed by atoms with Crippen molar-refractivity contribution in [3.05, 3.63) is 79.4 Å². The first-order valence-corrected chi connectivity index (χ1v) is 6.45. The maximum atomic E-state index is 5.82. The Labute approximate surface area is 116 Å². The SMILES string of the molecule is C=CCC(=C)COc1ccc(CC=C)cc1CC=C. The molecule has 0 spiro atoms. The van der Waals surface area contributed by atoms with Gasteiger partial charge < -0.3 is 4.74 Å². The van der Waals surface area contributed by atoms with Gasteiger partial charge in [-0.25, -0.2) is 0 Å². The van der Waals surface area contributed by atoms with E-state index < -0.39 is 0 Å². The molecular weight excluding hydrogens is 232 g/mol. The Morgan fingerprint density at radius 3 is 2.42 bits per heavy atom. The van der Waals surface area contributed by atoms with E-state index in [2.05, 4.69) is 38.4 Å². The Hall–Kier alpha value is -2.02. The van der Waals surface area contributed by atoms with Crippen molar-refractivity contribution in [1.29, 1.82) is 0 Å². The van der Waals surface area contributed by atoms with Gasteiger partial charge in [-0.2, -0.15) is 0 Å². The Balaban J connectivity index is 2.80. The van der Waals surface area contributed by atoms with E-state index in [1.165, 1.54) is 5.56 Å². The average molecular weight is 254 g/mol. The summed E-state index contributed by atoms with van der Waals surface area (Å²) < 4.78 is 5.82. The Morgan fingerprint density at radius 2 is 1.79 bits per heavy atom. The molecule has 0 aromatic heterocycles. The lowest BCUT2D eigenvalue weighted by Gasteiger charge is -2.12. The molecule has 0 aliphatic carbocycles. The summed E-state index contributed by atoms with van der Waals surface area (Å²) in [5, 5.41) is 0. The smallest absolute Gasteiger partial charge is 0.123 e. The zero-order valence-electron chi connectivity index (χ0n) is 11.5. The van der Waals surface area contributed by atoms with E-state index in [0.29, 0.717) is 6.61 Å².